The van der Waals surface area contributed by atoms with Crippen LogP contribution in [0.2, 0.25) is 0 Å². The van der Waals surface area contributed by atoms with Gasteiger partial charge in [0.1, 0.15) is 0 Å². The molecule has 0 radical (unpaired) electrons. The number of anilines is 1. The first kappa shape index (κ1) is 16.8. The van der Waals surface area contributed by atoms with Gasteiger partial charge in [-0.3, -0.25) is 4.79 Å². The lowest BCUT2D eigenvalue weighted by Crippen LogP contribution is -2.26. The fourth-order valence-corrected chi connectivity index (χ4v) is 3.03. The lowest BCUT2D eigenvalue weighted by atomic mass is 9.88. The molecule has 0 heterocycles. The SMILES string of the molecule is Nc1ccccc1C(=O)NCCC(c1ccccc1)c1ccccc1. The molecule has 25 heavy (non-hydrogen) atoms. The summed E-state index contributed by atoms with van der Waals surface area (Å²) >= 11 is 0. The van der Waals surface area contributed by atoms with E-state index in [9.17, 15) is 4.79 Å². The molecule has 0 aliphatic heterocycles. The Kier molecular flexibility index (Phi) is 5.47. The van der Waals surface area contributed by atoms with Gasteiger partial charge in [-0.05, 0) is 29.7 Å². The van der Waals surface area contributed by atoms with Crippen molar-refractivity contribution < 1.29 is 4.79 Å². The van der Waals surface area contributed by atoms with Gasteiger partial charge in [-0.15, -0.1) is 0 Å². The topological polar surface area (TPSA) is 55.1 Å². The molecule has 0 atom stereocenters. The van der Waals surface area contributed by atoms with E-state index in [0.717, 1.165) is 6.42 Å². The molecular formula is C22H22N2O. The van der Waals surface area contributed by atoms with E-state index < -0.39 is 0 Å². The van der Waals surface area contributed by atoms with Crippen LogP contribution in [0.4, 0.5) is 5.69 Å². The second kappa shape index (κ2) is 8.15. The van der Waals surface area contributed by atoms with Crippen LogP contribution in [-0.4, -0.2) is 12.5 Å². The molecule has 0 fully saturated rings. The molecule has 3 aromatic carbocycles. The van der Waals surface area contributed by atoms with Crippen LogP contribution in [0.5, 0.6) is 0 Å². The third kappa shape index (κ3) is 4.27. The maximum Gasteiger partial charge on any atom is 0.253 e. The van der Waals surface area contributed by atoms with Crippen LogP contribution in [0.3, 0.4) is 0 Å². The third-order valence-electron chi connectivity index (χ3n) is 4.33. The van der Waals surface area contributed by atoms with E-state index in [4.69, 9.17) is 5.73 Å². The van der Waals surface area contributed by atoms with E-state index in [2.05, 4.69) is 53.8 Å². The minimum atomic E-state index is -0.127. The van der Waals surface area contributed by atoms with Gasteiger partial charge in [0.05, 0.1) is 5.56 Å². The first-order valence-electron chi connectivity index (χ1n) is 8.48. The molecule has 0 aliphatic rings. The van der Waals surface area contributed by atoms with Crippen LogP contribution in [0.1, 0.15) is 33.8 Å². The third-order valence-corrected chi connectivity index (χ3v) is 4.33. The van der Waals surface area contributed by atoms with E-state index in [1.54, 1.807) is 12.1 Å². The van der Waals surface area contributed by atoms with Crippen molar-refractivity contribution in [3.63, 3.8) is 0 Å². The molecule has 3 N–H and O–H groups in total. The number of nitrogen functional groups attached to an aromatic ring is 1. The summed E-state index contributed by atoms with van der Waals surface area (Å²) in [6.45, 7) is 0.585. The summed E-state index contributed by atoms with van der Waals surface area (Å²) in [4.78, 5) is 12.3. The molecule has 126 valence electrons. The average Bonchev–Trinajstić information content (AvgIpc) is 2.67. The van der Waals surface area contributed by atoms with Crippen molar-refractivity contribution >= 4 is 11.6 Å². The molecule has 0 unspecified atom stereocenters. The van der Waals surface area contributed by atoms with Gasteiger partial charge in [-0.1, -0.05) is 72.8 Å². The maximum absolute atomic E-state index is 12.3. The van der Waals surface area contributed by atoms with Gasteiger partial charge in [-0.25, -0.2) is 0 Å². The minimum Gasteiger partial charge on any atom is -0.398 e. The van der Waals surface area contributed by atoms with Crippen molar-refractivity contribution in [2.45, 2.75) is 12.3 Å². The van der Waals surface area contributed by atoms with Crippen LogP contribution in [0.25, 0.3) is 0 Å². The highest BCUT2D eigenvalue weighted by atomic mass is 16.1. The number of carbonyl (C=O) groups excluding carboxylic acids is 1. The number of benzene rings is 3. The molecule has 0 saturated heterocycles. The van der Waals surface area contributed by atoms with Crippen molar-refractivity contribution in [3.8, 4) is 0 Å². The van der Waals surface area contributed by atoms with Crippen molar-refractivity contribution in [1.82, 2.24) is 5.32 Å². The van der Waals surface area contributed by atoms with Crippen molar-refractivity contribution in [1.29, 1.82) is 0 Å². The molecular weight excluding hydrogens is 308 g/mol. The minimum absolute atomic E-state index is 0.127. The van der Waals surface area contributed by atoms with Crippen molar-refractivity contribution in [2.75, 3.05) is 12.3 Å². The van der Waals surface area contributed by atoms with Crippen LogP contribution in [0.15, 0.2) is 84.9 Å². The van der Waals surface area contributed by atoms with Gasteiger partial charge in [0.2, 0.25) is 0 Å². The smallest absolute Gasteiger partial charge is 0.253 e. The highest BCUT2D eigenvalue weighted by Gasteiger charge is 2.15. The van der Waals surface area contributed by atoms with Gasteiger partial charge in [-0.2, -0.15) is 0 Å². The summed E-state index contributed by atoms with van der Waals surface area (Å²) in [6, 6.07) is 27.9. The summed E-state index contributed by atoms with van der Waals surface area (Å²) in [6.07, 6.45) is 0.826. The number of amides is 1. The maximum atomic E-state index is 12.3. The Morgan fingerprint density at radius 2 is 1.32 bits per heavy atom. The molecule has 3 rings (SSSR count). The number of hydrogen-bond donors (Lipinski definition) is 2. The first-order valence-corrected chi connectivity index (χ1v) is 8.48. The average molecular weight is 330 g/mol. The zero-order chi connectivity index (χ0) is 17.5. The Balaban J connectivity index is 1.70. The zero-order valence-electron chi connectivity index (χ0n) is 14.1. The van der Waals surface area contributed by atoms with Gasteiger partial charge in [0.25, 0.3) is 5.91 Å². The summed E-state index contributed by atoms with van der Waals surface area (Å²) < 4.78 is 0. The van der Waals surface area contributed by atoms with Crippen molar-refractivity contribution in [2.24, 2.45) is 0 Å². The predicted molar refractivity (Wildman–Crippen MR) is 103 cm³/mol. The normalized spacial score (nSPS) is 10.6. The molecule has 0 bridgehead atoms. The standard InChI is InChI=1S/C22H22N2O/c23-21-14-8-7-13-20(21)22(25)24-16-15-19(17-9-3-1-4-10-17)18-11-5-2-6-12-18/h1-14,19H,15-16,23H2,(H,24,25). The van der Waals surface area contributed by atoms with Crippen LogP contribution >= 0.6 is 0 Å². The van der Waals surface area contributed by atoms with E-state index in [0.29, 0.717) is 17.8 Å². The predicted octanol–water partition coefficient (Wildman–Crippen LogP) is 4.22. The molecule has 1 amide bonds. The highest BCUT2D eigenvalue weighted by Crippen LogP contribution is 2.27. The number of rotatable bonds is 6. The number of hydrogen-bond acceptors (Lipinski definition) is 2. The highest BCUT2D eigenvalue weighted by molar-refractivity contribution is 5.99. The summed E-state index contributed by atoms with van der Waals surface area (Å²) in [5.41, 5.74) is 9.41. The van der Waals surface area contributed by atoms with Crippen LogP contribution in [-0.2, 0) is 0 Å². The first-order chi connectivity index (χ1) is 12.3. The lowest BCUT2D eigenvalue weighted by Gasteiger charge is -2.18. The molecule has 0 saturated carbocycles. The second-order valence-corrected chi connectivity index (χ2v) is 6.01. The monoisotopic (exact) mass is 330 g/mol. The summed E-state index contributed by atoms with van der Waals surface area (Å²) in [7, 11) is 0. The lowest BCUT2D eigenvalue weighted by molar-refractivity contribution is 0.0953. The van der Waals surface area contributed by atoms with Gasteiger partial charge in [0.15, 0.2) is 0 Å². The summed E-state index contributed by atoms with van der Waals surface area (Å²) in [5.74, 6) is 0.119. The molecule has 3 aromatic rings. The Bertz CT molecular complexity index is 776. The number of carbonyl (C=O) groups is 1. The fourth-order valence-electron chi connectivity index (χ4n) is 3.03. The van der Waals surface area contributed by atoms with E-state index in [1.807, 2.05) is 24.3 Å². The van der Waals surface area contributed by atoms with E-state index in [-0.39, 0.29) is 11.8 Å². The molecule has 3 heteroatoms. The van der Waals surface area contributed by atoms with Gasteiger partial charge >= 0.3 is 0 Å². The Labute approximate surface area is 148 Å². The Morgan fingerprint density at radius 3 is 1.88 bits per heavy atom. The van der Waals surface area contributed by atoms with Gasteiger partial charge < -0.3 is 11.1 Å². The Hall–Kier alpha value is -3.07. The molecule has 0 aromatic heterocycles. The second-order valence-electron chi connectivity index (χ2n) is 6.01. The van der Waals surface area contributed by atoms with E-state index in [1.165, 1.54) is 11.1 Å². The van der Waals surface area contributed by atoms with Crippen LogP contribution < -0.4 is 11.1 Å². The quantitative estimate of drug-likeness (QED) is 0.665. The summed E-state index contributed by atoms with van der Waals surface area (Å²) in [5, 5.41) is 2.99. The number of para-hydroxylation sites is 1. The van der Waals surface area contributed by atoms with Gasteiger partial charge in [0, 0.05) is 18.2 Å². The largest absolute Gasteiger partial charge is 0.398 e. The van der Waals surface area contributed by atoms with E-state index >= 15 is 0 Å². The zero-order valence-corrected chi connectivity index (χ0v) is 14.1. The Morgan fingerprint density at radius 1 is 0.800 bits per heavy atom. The number of nitrogens with two attached hydrogens (primary N) is 1. The van der Waals surface area contributed by atoms with Crippen LogP contribution in [0, 0.1) is 0 Å². The molecule has 0 spiro atoms. The molecule has 3 nitrogen and oxygen atoms in total. The molecule has 0 aliphatic carbocycles. The number of nitrogens with one attached hydrogen (secondary N) is 1. The fraction of sp³-hybridized carbons (Fsp3) is 0.136. The van der Waals surface area contributed by atoms with Crippen molar-refractivity contribution in [3.05, 3.63) is 102 Å².